The van der Waals surface area contributed by atoms with Gasteiger partial charge >= 0.3 is 0 Å². The van der Waals surface area contributed by atoms with Crippen LogP contribution in [0.4, 0.5) is 0 Å². The molecule has 0 aromatic heterocycles. The summed E-state index contributed by atoms with van der Waals surface area (Å²) in [6.07, 6.45) is 0. The van der Waals surface area contributed by atoms with E-state index in [2.05, 4.69) is 0 Å². The molecular formula is C10H18ClNO2. The van der Waals surface area contributed by atoms with E-state index in [4.69, 9.17) is 16.3 Å². The number of ether oxygens (including phenoxy) is 1. The maximum atomic E-state index is 12.0. The molecule has 0 aromatic carbocycles. The Labute approximate surface area is 90.4 Å². The first-order chi connectivity index (χ1) is 6.49. The maximum absolute atomic E-state index is 12.0. The van der Waals surface area contributed by atoms with Crippen LogP contribution >= 0.6 is 11.6 Å². The summed E-state index contributed by atoms with van der Waals surface area (Å²) >= 11 is 5.78. The van der Waals surface area contributed by atoms with E-state index in [0.29, 0.717) is 25.6 Å². The van der Waals surface area contributed by atoms with Gasteiger partial charge in [-0.3, -0.25) is 4.79 Å². The van der Waals surface area contributed by atoms with Gasteiger partial charge in [0.1, 0.15) is 0 Å². The molecule has 0 aliphatic carbocycles. The zero-order valence-corrected chi connectivity index (χ0v) is 9.80. The molecule has 1 fully saturated rings. The molecule has 1 aliphatic heterocycles. The summed E-state index contributed by atoms with van der Waals surface area (Å²) in [6, 6.07) is 0.166. The average Bonchev–Trinajstić information content (AvgIpc) is 2.17. The van der Waals surface area contributed by atoms with Gasteiger partial charge < -0.3 is 9.64 Å². The number of halogens is 1. The molecule has 1 amide bonds. The van der Waals surface area contributed by atoms with E-state index < -0.39 is 5.41 Å². The molecule has 1 aliphatic rings. The Morgan fingerprint density at radius 1 is 1.64 bits per heavy atom. The molecule has 3 nitrogen and oxygen atoms in total. The number of amides is 1. The van der Waals surface area contributed by atoms with Crippen LogP contribution in [-0.4, -0.2) is 42.5 Å². The number of hydrogen-bond acceptors (Lipinski definition) is 2. The lowest BCUT2D eigenvalue weighted by Gasteiger charge is -2.37. The van der Waals surface area contributed by atoms with E-state index in [1.54, 1.807) is 0 Å². The summed E-state index contributed by atoms with van der Waals surface area (Å²) in [5, 5.41) is 0. The Morgan fingerprint density at radius 2 is 2.29 bits per heavy atom. The van der Waals surface area contributed by atoms with Gasteiger partial charge in [0.15, 0.2) is 0 Å². The molecule has 1 unspecified atom stereocenters. The molecule has 0 N–H and O–H groups in total. The van der Waals surface area contributed by atoms with Gasteiger partial charge in [0.25, 0.3) is 0 Å². The van der Waals surface area contributed by atoms with Crippen LogP contribution in [0, 0.1) is 5.41 Å². The number of carbonyl (C=O) groups excluding carboxylic acids is 1. The van der Waals surface area contributed by atoms with Crippen molar-refractivity contribution in [2.24, 2.45) is 5.41 Å². The molecule has 4 heteroatoms. The Kier molecular flexibility index (Phi) is 3.78. The van der Waals surface area contributed by atoms with Crippen LogP contribution in [-0.2, 0) is 9.53 Å². The highest BCUT2D eigenvalue weighted by Gasteiger charge is 2.34. The molecule has 1 atom stereocenters. The monoisotopic (exact) mass is 219 g/mol. The Bertz CT molecular complexity index is 218. The zero-order valence-electron chi connectivity index (χ0n) is 9.05. The quantitative estimate of drug-likeness (QED) is 0.659. The van der Waals surface area contributed by atoms with E-state index >= 15 is 0 Å². The standard InChI is InChI=1S/C10H18ClNO2/c1-8-6-14-5-4-12(8)9(13)10(2,3)7-11/h8H,4-7H2,1-3H3. The van der Waals surface area contributed by atoms with Gasteiger partial charge in [-0.1, -0.05) is 0 Å². The van der Waals surface area contributed by atoms with Crippen LogP contribution < -0.4 is 0 Å². The van der Waals surface area contributed by atoms with Crippen LogP contribution in [0.25, 0.3) is 0 Å². The maximum Gasteiger partial charge on any atom is 0.229 e. The minimum atomic E-state index is -0.465. The van der Waals surface area contributed by atoms with Crippen molar-refractivity contribution in [3.63, 3.8) is 0 Å². The summed E-state index contributed by atoms with van der Waals surface area (Å²) in [7, 11) is 0. The molecule has 0 aromatic rings. The molecule has 0 spiro atoms. The van der Waals surface area contributed by atoms with Crippen LogP contribution in [0.15, 0.2) is 0 Å². The lowest BCUT2D eigenvalue weighted by Crippen LogP contribution is -2.52. The third kappa shape index (κ3) is 2.39. The molecule has 1 rings (SSSR count). The molecule has 0 radical (unpaired) electrons. The van der Waals surface area contributed by atoms with Gasteiger partial charge in [0.05, 0.1) is 24.7 Å². The van der Waals surface area contributed by atoms with E-state index in [1.165, 1.54) is 0 Å². The van der Waals surface area contributed by atoms with E-state index in [1.807, 2.05) is 25.7 Å². The van der Waals surface area contributed by atoms with Crippen molar-refractivity contribution in [2.45, 2.75) is 26.8 Å². The third-order valence-electron chi connectivity index (χ3n) is 2.54. The molecule has 1 saturated heterocycles. The van der Waals surface area contributed by atoms with Crippen LogP contribution in [0.5, 0.6) is 0 Å². The predicted molar refractivity (Wildman–Crippen MR) is 56.5 cm³/mol. The molecule has 0 bridgehead atoms. The fourth-order valence-electron chi connectivity index (χ4n) is 1.47. The number of carbonyl (C=O) groups is 1. The van der Waals surface area contributed by atoms with E-state index in [-0.39, 0.29) is 11.9 Å². The fraction of sp³-hybridized carbons (Fsp3) is 0.900. The number of hydrogen-bond donors (Lipinski definition) is 0. The van der Waals surface area contributed by atoms with Gasteiger partial charge in [0, 0.05) is 12.4 Å². The highest BCUT2D eigenvalue weighted by molar-refractivity contribution is 6.19. The lowest BCUT2D eigenvalue weighted by molar-refractivity contribution is -0.147. The third-order valence-corrected chi connectivity index (χ3v) is 3.21. The summed E-state index contributed by atoms with van der Waals surface area (Å²) in [5.74, 6) is 0.485. The molecule has 14 heavy (non-hydrogen) atoms. The van der Waals surface area contributed by atoms with Crippen molar-refractivity contribution in [1.82, 2.24) is 4.90 Å². The average molecular weight is 220 g/mol. The first-order valence-corrected chi connectivity index (χ1v) is 5.47. The normalized spacial score (nSPS) is 23.7. The second kappa shape index (κ2) is 4.49. The number of nitrogens with zero attached hydrogens (tertiary/aromatic N) is 1. The summed E-state index contributed by atoms with van der Waals surface area (Å²) in [5.41, 5.74) is -0.465. The summed E-state index contributed by atoms with van der Waals surface area (Å²) < 4.78 is 5.28. The number of morpholine rings is 1. The summed E-state index contributed by atoms with van der Waals surface area (Å²) in [6.45, 7) is 7.70. The van der Waals surface area contributed by atoms with Gasteiger partial charge in [-0.15, -0.1) is 11.6 Å². The number of alkyl halides is 1. The smallest absolute Gasteiger partial charge is 0.229 e. The van der Waals surface area contributed by atoms with Gasteiger partial charge in [-0.25, -0.2) is 0 Å². The molecule has 1 heterocycles. The Balaban J connectivity index is 2.67. The molecular weight excluding hydrogens is 202 g/mol. The highest BCUT2D eigenvalue weighted by atomic mass is 35.5. The predicted octanol–water partition coefficient (Wildman–Crippen LogP) is 1.50. The largest absolute Gasteiger partial charge is 0.377 e. The lowest BCUT2D eigenvalue weighted by atomic mass is 9.93. The molecule has 0 saturated carbocycles. The highest BCUT2D eigenvalue weighted by Crippen LogP contribution is 2.23. The van der Waals surface area contributed by atoms with Crippen LogP contribution in [0.1, 0.15) is 20.8 Å². The van der Waals surface area contributed by atoms with Crippen molar-refractivity contribution < 1.29 is 9.53 Å². The SMILES string of the molecule is CC1COCCN1C(=O)C(C)(C)CCl. The minimum Gasteiger partial charge on any atom is -0.377 e. The summed E-state index contributed by atoms with van der Waals surface area (Å²) in [4.78, 5) is 13.9. The minimum absolute atomic E-state index is 0.128. The number of rotatable bonds is 2. The zero-order chi connectivity index (χ0) is 10.8. The van der Waals surface area contributed by atoms with Crippen molar-refractivity contribution in [1.29, 1.82) is 0 Å². The second-order valence-electron chi connectivity index (χ2n) is 4.44. The van der Waals surface area contributed by atoms with Crippen LogP contribution in [0.3, 0.4) is 0 Å². The van der Waals surface area contributed by atoms with Crippen LogP contribution in [0.2, 0.25) is 0 Å². The van der Waals surface area contributed by atoms with Gasteiger partial charge in [0.2, 0.25) is 5.91 Å². The van der Waals surface area contributed by atoms with Crippen molar-refractivity contribution in [3.05, 3.63) is 0 Å². The first-order valence-electron chi connectivity index (χ1n) is 4.94. The van der Waals surface area contributed by atoms with E-state index in [0.717, 1.165) is 0 Å². The fourth-order valence-corrected chi connectivity index (χ4v) is 1.59. The Hall–Kier alpha value is -0.280. The topological polar surface area (TPSA) is 29.5 Å². The van der Waals surface area contributed by atoms with E-state index in [9.17, 15) is 4.79 Å². The van der Waals surface area contributed by atoms with Gasteiger partial charge in [-0.05, 0) is 20.8 Å². The van der Waals surface area contributed by atoms with Crippen molar-refractivity contribution in [2.75, 3.05) is 25.6 Å². The van der Waals surface area contributed by atoms with Crippen molar-refractivity contribution >= 4 is 17.5 Å². The first kappa shape index (κ1) is 11.8. The Morgan fingerprint density at radius 3 is 2.79 bits per heavy atom. The molecule has 82 valence electrons. The van der Waals surface area contributed by atoms with Crippen molar-refractivity contribution in [3.8, 4) is 0 Å². The second-order valence-corrected chi connectivity index (χ2v) is 4.71. The van der Waals surface area contributed by atoms with Gasteiger partial charge in [-0.2, -0.15) is 0 Å².